The number of amides is 2. The van der Waals surface area contributed by atoms with Crippen molar-refractivity contribution in [1.29, 1.82) is 0 Å². The molecular formula is C44H54N6O2. The SMILES string of the molecule is CCC1CCC(c2ncc(-c3ccc(-c4ccc5c(ccc6[nH]c(C7CCC(C)N7C(=O)CC(C)C)nc65)c4)c4c3CCC4)[nH]2)N1C(=O)CC(C)C. The first-order valence-corrected chi connectivity index (χ1v) is 19.9. The Morgan fingerprint density at radius 3 is 2.25 bits per heavy atom. The van der Waals surface area contributed by atoms with Gasteiger partial charge in [0.05, 0.1) is 35.0 Å². The Bertz CT molecular complexity index is 2140. The summed E-state index contributed by atoms with van der Waals surface area (Å²) >= 11 is 0. The number of carbonyl (C=O) groups excluding carboxylic acids is 2. The Balaban J connectivity index is 1.08. The van der Waals surface area contributed by atoms with Gasteiger partial charge in [0.2, 0.25) is 11.8 Å². The number of nitrogens with zero attached hydrogens (tertiary/aromatic N) is 4. The van der Waals surface area contributed by atoms with E-state index in [1.54, 1.807) is 0 Å². The number of likely N-dealkylation sites (tertiary alicyclic amines) is 2. The highest BCUT2D eigenvalue weighted by molar-refractivity contribution is 6.05. The van der Waals surface area contributed by atoms with Gasteiger partial charge >= 0.3 is 0 Å². The van der Waals surface area contributed by atoms with E-state index < -0.39 is 0 Å². The van der Waals surface area contributed by atoms with E-state index in [1.165, 1.54) is 33.2 Å². The average Bonchev–Trinajstić information content (AvgIpc) is 3.95. The summed E-state index contributed by atoms with van der Waals surface area (Å²) in [6.07, 6.45) is 11.3. The number of hydrogen-bond donors (Lipinski definition) is 2. The topological polar surface area (TPSA) is 98.0 Å². The molecule has 4 heterocycles. The molecule has 0 radical (unpaired) electrons. The van der Waals surface area contributed by atoms with Crippen molar-refractivity contribution in [3.8, 4) is 22.4 Å². The van der Waals surface area contributed by atoms with Crippen LogP contribution in [0.15, 0.2) is 48.7 Å². The zero-order valence-corrected chi connectivity index (χ0v) is 31.8. The monoisotopic (exact) mass is 698 g/mol. The molecule has 2 N–H and O–H groups in total. The fourth-order valence-electron chi connectivity index (χ4n) is 9.53. The lowest BCUT2D eigenvalue weighted by Crippen LogP contribution is -2.38. The molecule has 4 unspecified atom stereocenters. The fourth-order valence-corrected chi connectivity index (χ4v) is 9.53. The minimum absolute atomic E-state index is 0.00671. The first kappa shape index (κ1) is 34.6. The van der Waals surface area contributed by atoms with Crippen LogP contribution in [0.4, 0.5) is 0 Å². The number of rotatable bonds is 9. The highest BCUT2D eigenvalue weighted by atomic mass is 16.2. The number of carbonyl (C=O) groups is 2. The van der Waals surface area contributed by atoms with Crippen LogP contribution < -0.4 is 0 Å². The van der Waals surface area contributed by atoms with Crippen molar-refractivity contribution >= 4 is 33.6 Å². The van der Waals surface area contributed by atoms with E-state index in [1.807, 2.05) is 6.20 Å². The van der Waals surface area contributed by atoms with E-state index in [9.17, 15) is 9.59 Å². The van der Waals surface area contributed by atoms with Crippen LogP contribution in [0, 0.1) is 11.8 Å². The second kappa shape index (κ2) is 13.8. The maximum Gasteiger partial charge on any atom is 0.223 e. The molecule has 8 nitrogen and oxygen atoms in total. The van der Waals surface area contributed by atoms with Gasteiger partial charge in [0.25, 0.3) is 0 Å². The second-order valence-corrected chi connectivity index (χ2v) is 16.6. The Hall–Kier alpha value is -4.46. The van der Waals surface area contributed by atoms with Gasteiger partial charge in [-0.2, -0.15) is 0 Å². The number of imidazole rings is 2. The van der Waals surface area contributed by atoms with Crippen molar-refractivity contribution < 1.29 is 9.59 Å². The first-order valence-electron chi connectivity index (χ1n) is 19.9. The quantitative estimate of drug-likeness (QED) is 0.160. The molecule has 4 atom stereocenters. The van der Waals surface area contributed by atoms with E-state index in [2.05, 4.69) is 104 Å². The van der Waals surface area contributed by atoms with E-state index >= 15 is 0 Å². The predicted molar refractivity (Wildman–Crippen MR) is 209 cm³/mol. The Morgan fingerprint density at radius 1 is 0.808 bits per heavy atom. The van der Waals surface area contributed by atoms with E-state index in [-0.39, 0.29) is 36.0 Å². The van der Waals surface area contributed by atoms with Crippen molar-refractivity contribution in [3.63, 3.8) is 0 Å². The summed E-state index contributed by atoms with van der Waals surface area (Å²) in [5.74, 6) is 2.96. The number of hydrogen-bond acceptors (Lipinski definition) is 4. The van der Waals surface area contributed by atoms with Crippen LogP contribution in [-0.2, 0) is 22.4 Å². The van der Waals surface area contributed by atoms with Crippen molar-refractivity contribution in [3.05, 3.63) is 71.4 Å². The number of aromatic nitrogens is 4. The van der Waals surface area contributed by atoms with Crippen molar-refractivity contribution in [2.75, 3.05) is 0 Å². The smallest absolute Gasteiger partial charge is 0.223 e. The molecule has 0 spiro atoms. The Labute approximate surface area is 307 Å². The summed E-state index contributed by atoms with van der Waals surface area (Å²) in [6.45, 7) is 12.8. The molecule has 0 saturated carbocycles. The molecule has 5 aromatic rings. The third kappa shape index (κ3) is 6.12. The van der Waals surface area contributed by atoms with Gasteiger partial charge in [-0.15, -0.1) is 0 Å². The maximum absolute atomic E-state index is 13.4. The summed E-state index contributed by atoms with van der Waals surface area (Å²) in [6, 6.07) is 16.2. The van der Waals surface area contributed by atoms with E-state index in [0.29, 0.717) is 24.7 Å². The van der Waals surface area contributed by atoms with Gasteiger partial charge in [0.1, 0.15) is 11.6 Å². The van der Waals surface area contributed by atoms with Gasteiger partial charge < -0.3 is 19.8 Å². The number of aromatic amines is 2. The molecule has 2 amide bonds. The molecule has 0 bridgehead atoms. The normalized spacial score (nSPS) is 21.8. The molecule has 1 aliphatic carbocycles. The minimum Gasteiger partial charge on any atom is -0.340 e. The molecule has 2 saturated heterocycles. The number of H-pyrrole nitrogens is 2. The van der Waals surface area contributed by atoms with Gasteiger partial charge in [0, 0.05) is 35.9 Å². The third-order valence-corrected chi connectivity index (χ3v) is 12.0. The number of nitrogens with one attached hydrogen (secondary N) is 2. The van der Waals surface area contributed by atoms with Crippen LogP contribution in [-0.4, -0.2) is 53.6 Å². The fraction of sp³-hybridized carbons (Fsp3) is 0.500. The average molecular weight is 699 g/mol. The molecular weight excluding hydrogens is 645 g/mol. The van der Waals surface area contributed by atoms with Gasteiger partial charge in [-0.05, 0) is 110 Å². The molecule has 8 rings (SSSR count). The number of benzene rings is 3. The lowest BCUT2D eigenvalue weighted by molar-refractivity contribution is -0.136. The van der Waals surface area contributed by atoms with Crippen molar-refractivity contribution in [2.24, 2.45) is 11.8 Å². The van der Waals surface area contributed by atoms with Crippen molar-refractivity contribution in [1.82, 2.24) is 29.7 Å². The predicted octanol–water partition coefficient (Wildman–Crippen LogP) is 9.85. The standard InChI is InChI=1S/C44H54N6O2/c1-7-30-14-20-38(50(30)41(52)22-26(4)5)43-45-24-37(47-43)35-17-16-31(33-9-8-10-34(33)35)28-12-15-32-29(23-28)13-18-36-42(32)48-44(46-36)39-19-11-27(6)49(39)40(51)21-25(2)3/h12-13,15-18,23-27,30,38-39H,7-11,14,19-22H2,1-6H3,(H,45,47)(H,46,48). The Kier molecular flexibility index (Phi) is 9.21. The summed E-state index contributed by atoms with van der Waals surface area (Å²) < 4.78 is 0. The van der Waals surface area contributed by atoms with Crippen LogP contribution in [0.2, 0.25) is 0 Å². The first-order chi connectivity index (χ1) is 25.1. The molecule has 52 heavy (non-hydrogen) atoms. The summed E-state index contributed by atoms with van der Waals surface area (Å²) in [5, 5.41) is 2.30. The number of fused-ring (bicyclic) bond motifs is 4. The second-order valence-electron chi connectivity index (χ2n) is 16.6. The summed E-state index contributed by atoms with van der Waals surface area (Å²) in [4.78, 5) is 48.1. The highest BCUT2D eigenvalue weighted by Gasteiger charge is 2.39. The van der Waals surface area contributed by atoms with Crippen LogP contribution in [0.5, 0.6) is 0 Å². The summed E-state index contributed by atoms with van der Waals surface area (Å²) in [7, 11) is 0. The molecule has 8 heteroatoms. The lowest BCUT2D eigenvalue weighted by atomic mass is 9.91. The lowest BCUT2D eigenvalue weighted by Gasteiger charge is -2.29. The third-order valence-electron chi connectivity index (χ3n) is 12.0. The largest absolute Gasteiger partial charge is 0.340 e. The van der Waals surface area contributed by atoms with Gasteiger partial charge in [-0.1, -0.05) is 65.0 Å². The molecule has 272 valence electrons. The van der Waals surface area contributed by atoms with Gasteiger partial charge in [-0.3, -0.25) is 9.59 Å². The van der Waals surface area contributed by atoms with E-state index in [4.69, 9.17) is 9.97 Å². The highest BCUT2D eigenvalue weighted by Crippen LogP contribution is 2.42. The molecule has 2 aliphatic heterocycles. The minimum atomic E-state index is -0.00671. The molecule has 3 aromatic carbocycles. The van der Waals surface area contributed by atoms with Crippen LogP contribution in [0.25, 0.3) is 44.2 Å². The molecule has 2 aromatic heterocycles. The van der Waals surface area contributed by atoms with Crippen LogP contribution in [0.1, 0.15) is 128 Å². The zero-order chi connectivity index (χ0) is 36.3. The summed E-state index contributed by atoms with van der Waals surface area (Å²) in [5.41, 5.74) is 9.64. The van der Waals surface area contributed by atoms with Crippen molar-refractivity contribution in [2.45, 2.75) is 130 Å². The van der Waals surface area contributed by atoms with Crippen LogP contribution >= 0.6 is 0 Å². The van der Waals surface area contributed by atoms with Gasteiger partial charge in [-0.25, -0.2) is 9.97 Å². The zero-order valence-electron chi connectivity index (χ0n) is 31.8. The van der Waals surface area contributed by atoms with Gasteiger partial charge in [0.15, 0.2) is 0 Å². The van der Waals surface area contributed by atoms with E-state index in [0.717, 1.165) is 85.1 Å². The van der Waals surface area contributed by atoms with Crippen LogP contribution in [0.3, 0.4) is 0 Å². The maximum atomic E-state index is 13.4. The molecule has 3 aliphatic rings. The molecule has 2 fully saturated rings. The Morgan fingerprint density at radius 2 is 1.50 bits per heavy atom.